The number of nitrogens with zero attached hydrogens (tertiary/aromatic N) is 2. The SMILES string of the molecule is Cc1nn(C)c(C)c1S(=O)(=O)NCC1(Sc2ccccc2)CCOCC1. The lowest BCUT2D eigenvalue weighted by atomic mass is 9.99. The molecule has 0 atom stereocenters. The van der Waals surface area contributed by atoms with E-state index in [2.05, 4.69) is 22.0 Å². The van der Waals surface area contributed by atoms with E-state index in [1.807, 2.05) is 18.2 Å². The van der Waals surface area contributed by atoms with Gasteiger partial charge in [0.15, 0.2) is 0 Å². The number of ether oxygens (including phenoxy) is 1. The third kappa shape index (κ3) is 4.14. The summed E-state index contributed by atoms with van der Waals surface area (Å²) >= 11 is 1.73. The van der Waals surface area contributed by atoms with Gasteiger partial charge in [0.1, 0.15) is 4.90 Å². The Morgan fingerprint density at radius 2 is 1.88 bits per heavy atom. The van der Waals surface area contributed by atoms with Gasteiger partial charge < -0.3 is 4.74 Å². The van der Waals surface area contributed by atoms with Crippen molar-refractivity contribution in [3.63, 3.8) is 0 Å². The van der Waals surface area contributed by atoms with Crippen LogP contribution >= 0.6 is 11.8 Å². The average molecular weight is 396 g/mol. The maximum atomic E-state index is 12.9. The summed E-state index contributed by atoms with van der Waals surface area (Å²) in [4.78, 5) is 1.43. The van der Waals surface area contributed by atoms with Gasteiger partial charge in [-0.1, -0.05) is 18.2 Å². The van der Waals surface area contributed by atoms with E-state index in [1.54, 1.807) is 37.3 Å². The Balaban J connectivity index is 1.81. The number of thioether (sulfide) groups is 1. The van der Waals surface area contributed by atoms with E-state index in [4.69, 9.17) is 4.74 Å². The number of aryl methyl sites for hydroxylation is 2. The highest BCUT2D eigenvalue weighted by Crippen LogP contribution is 2.40. The summed E-state index contributed by atoms with van der Waals surface area (Å²) in [6.45, 7) is 5.16. The van der Waals surface area contributed by atoms with E-state index < -0.39 is 10.0 Å². The zero-order chi connectivity index (χ0) is 18.8. The first kappa shape index (κ1) is 19.4. The smallest absolute Gasteiger partial charge is 0.244 e. The van der Waals surface area contributed by atoms with Crippen LogP contribution in [-0.2, 0) is 21.8 Å². The number of hydrogen-bond acceptors (Lipinski definition) is 5. The molecule has 0 spiro atoms. The first-order valence-electron chi connectivity index (χ1n) is 8.65. The fourth-order valence-electron chi connectivity index (χ4n) is 3.24. The van der Waals surface area contributed by atoms with Crippen molar-refractivity contribution in [2.75, 3.05) is 19.8 Å². The number of benzene rings is 1. The van der Waals surface area contributed by atoms with Gasteiger partial charge in [0, 0.05) is 36.4 Å². The fraction of sp³-hybridized carbons (Fsp3) is 0.500. The minimum absolute atomic E-state index is 0.212. The molecule has 1 aromatic heterocycles. The second kappa shape index (κ2) is 7.72. The van der Waals surface area contributed by atoms with Crippen LogP contribution in [0, 0.1) is 13.8 Å². The molecule has 6 nitrogen and oxygen atoms in total. The molecular formula is C18H25N3O3S2. The van der Waals surface area contributed by atoms with Crippen LogP contribution in [0.15, 0.2) is 40.1 Å². The molecule has 1 aromatic carbocycles. The quantitative estimate of drug-likeness (QED) is 0.814. The summed E-state index contributed by atoms with van der Waals surface area (Å²) in [5.74, 6) is 0. The molecule has 0 unspecified atom stereocenters. The van der Waals surface area contributed by atoms with Crippen molar-refractivity contribution in [3.05, 3.63) is 41.7 Å². The van der Waals surface area contributed by atoms with Gasteiger partial charge in [-0.05, 0) is 38.8 Å². The van der Waals surface area contributed by atoms with Crippen molar-refractivity contribution in [2.24, 2.45) is 7.05 Å². The molecule has 0 bridgehead atoms. The topological polar surface area (TPSA) is 73.2 Å². The van der Waals surface area contributed by atoms with Gasteiger partial charge in [0.05, 0.1) is 11.4 Å². The Kier molecular flexibility index (Phi) is 5.76. The molecule has 0 radical (unpaired) electrons. The van der Waals surface area contributed by atoms with Gasteiger partial charge in [0.25, 0.3) is 0 Å². The van der Waals surface area contributed by atoms with Crippen LogP contribution in [0.3, 0.4) is 0 Å². The van der Waals surface area contributed by atoms with Crippen molar-refractivity contribution in [3.8, 4) is 0 Å². The molecule has 1 aliphatic rings. The molecule has 3 rings (SSSR count). The summed E-state index contributed by atoms with van der Waals surface area (Å²) < 4.78 is 35.6. The fourth-order valence-corrected chi connectivity index (χ4v) is 6.20. The lowest BCUT2D eigenvalue weighted by Crippen LogP contribution is -2.44. The molecule has 0 amide bonds. The van der Waals surface area contributed by atoms with Crippen LogP contribution in [0.1, 0.15) is 24.2 Å². The Morgan fingerprint density at radius 1 is 1.23 bits per heavy atom. The second-order valence-corrected chi connectivity index (χ2v) is 9.90. The standard InChI is InChI=1S/C18H25N3O3S2/c1-14-17(15(2)21(3)20-14)26(22,23)19-13-18(9-11-24-12-10-18)25-16-7-5-4-6-8-16/h4-8,19H,9-13H2,1-3H3. The molecule has 8 heteroatoms. The zero-order valence-corrected chi connectivity index (χ0v) is 17.0. The average Bonchev–Trinajstić information content (AvgIpc) is 2.88. The van der Waals surface area contributed by atoms with Crippen LogP contribution in [0.4, 0.5) is 0 Å². The lowest BCUT2D eigenvalue weighted by Gasteiger charge is -2.36. The van der Waals surface area contributed by atoms with Crippen LogP contribution in [0.2, 0.25) is 0 Å². The van der Waals surface area contributed by atoms with Crippen LogP contribution in [0.5, 0.6) is 0 Å². The first-order chi connectivity index (χ1) is 12.3. The van der Waals surface area contributed by atoms with Gasteiger partial charge in [-0.2, -0.15) is 5.10 Å². The summed E-state index contributed by atoms with van der Waals surface area (Å²) in [6.07, 6.45) is 1.61. The maximum Gasteiger partial charge on any atom is 0.244 e. The Labute approximate surface area is 159 Å². The molecule has 26 heavy (non-hydrogen) atoms. The van der Waals surface area contributed by atoms with Crippen LogP contribution in [-0.4, -0.2) is 42.7 Å². The van der Waals surface area contributed by atoms with Gasteiger partial charge in [-0.3, -0.25) is 4.68 Å². The third-order valence-electron chi connectivity index (χ3n) is 4.78. The van der Waals surface area contributed by atoms with Crippen molar-refractivity contribution >= 4 is 21.8 Å². The highest BCUT2D eigenvalue weighted by Gasteiger charge is 2.36. The molecular weight excluding hydrogens is 370 g/mol. The van der Waals surface area contributed by atoms with Gasteiger partial charge in [-0.25, -0.2) is 13.1 Å². The number of rotatable bonds is 6. The summed E-state index contributed by atoms with van der Waals surface area (Å²) in [5, 5.41) is 4.23. The monoisotopic (exact) mass is 395 g/mol. The second-order valence-electron chi connectivity index (χ2n) is 6.66. The largest absolute Gasteiger partial charge is 0.381 e. The lowest BCUT2D eigenvalue weighted by molar-refractivity contribution is 0.0784. The summed E-state index contributed by atoms with van der Waals surface area (Å²) in [6, 6.07) is 10.1. The van der Waals surface area contributed by atoms with Gasteiger partial charge >= 0.3 is 0 Å². The Bertz CT molecular complexity index is 857. The van der Waals surface area contributed by atoms with E-state index in [0.29, 0.717) is 31.1 Å². The molecule has 1 fully saturated rings. The molecule has 1 saturated heterocycles. The van der Waals surface area contributed by atoms with E-state index in [0.717, 1.165) is 17.7 Å². The third-order valence-corrected chi connectivity index (χ3v) is 7.92. The minimum atomic E-state index is -3.62. The maximum absolute atomic E-state index is 12.9. The Morgan fingerprint density at radius 3 is 2.46 bits per heavy atom. The summed E-state index contributed by atoms with van der Waals surface area (Å²) in [7, 11) is -1.86. The highest BCUT2D eigenvalue weighted by atomic mass is 32.2. The molecule has 2 aromatic rings. The zero-order valence-electron chi connectivity index (χ0n) is 15.4. The van der Waals surface area contributed by atoms with E-state index in [9.17, 15) is 8.42 Å². The predicted octanol–water partition coefficient (Wildman–Crippen LogP) is 2.66. The molecule has 1 aliphatic heterocycles. The number of hydrogen-bond donors (Lipinski definition) is 1. The Hall–Kier alpha value is -1.35. The van der Waals surface area contributed by atoms with E-state index in [-0.39, 0.29) is 9.64 Å². The number of sulfonamides is 1. The minimum Gasteiger partial charge on any atom is -0.381 e. The number of nitrogens with one attached hydrogen (secondary N) is 1. The van der Waals surface area contributed by atoms with Gasteiger partial charge in [-0.15, -0.1) is 11.8 Å². The molecule has 0 aliphatic carbocycles. The summed E-state index contributed by atoms with van der Waals surface area (Å²) in [5.41, 5.74) is 1.17. The van der Waals surface area contributed by atoms with Crippen LogP contribution < -0.4 is 4.72 Å². The van der Waals surface area contributed by atoms with Crippen molar-refractivity contribution in [2.45, 2.75) is 41.2 Å². The van der Waals surface area contributed by atoms with Crippen LogP contribution in [0.25, 0.3) is 0 Å². The normalized spacial score (nSPS) is 17.3. The van der Waals surface area contributed by atoms with Gasteiger partial charge in [0.2, 0.25) is 10.0 Å². The molecule has 142 valence electrons. The van der Waals surface area contributed by atoms with E-state index in [1.165, 1.54) is 0 Å². The van der Waals surface area contributed by atoms with Crippen molar-refractivity contribution < 1.29 is 13.2 Å². The molecule has 2 heterocycles. The highest BCUT2D eigenvalue weighted by molar-refractivity contribution is 8.00. The first-order valence-corrected chi connectivity index (χ1v) is 10.9. The van der Waals surface area contributed by atoms with E-state index >= 15 is 0 Å². The van der Waals surface area contributed by atoms with Crippen molar-refractivity contribution in [1.29, 1.82) is 0 Å². The predicted molar refractivity (Wildman–Crippen MR) is 103 cm³/mol. The molecule has 0 saturated carbocycles. The molecule has 1 N–H and O–H groups in total. The van der Waals surface area contributed by atoms with Crippen molar-refractivity contribution in [1.82, 2.24) is 14.5 Å². The number of aromatic nitrogens is 2.